The zero-order chi connectivity index (χ0) is 13.9. The predicted molar refractivity (Wildman–Crippen MR) is 65.8 cm³/mol. The first-order valence-corrected chi connectivity index (χ1v) is 6.18. The van der Waals surface area contributed by atoms with E-state index in [9.17, 15) is 9.59 Å². The summed E-state index contributed by atoms with van der Waals surface area (Å²) >= 11 is 0. The minimum absolute atomic E-state index is 0.151. The van der Waals surface area contributed by atoms with Crippen LogP contribution >= 0.6 is 0 Å². The molecule has 1 saturated heterocycles. The third-order valence-electron chi connectivity index (χ3n) is 3.69. The topological polar surface area (TPSA) is 70.1 Å². The highest BCUT2D eigenvalue weighted by Gasteiger charge is 2.38. The fourth-order valence-corrected chi connectivity index (χ4v) is 2.53. The maximum atomic E-state index is 12.2. The SMILES string of the molecule is CON(C)C(=O)C1CN(C(=O)O)CCC1C(C)C. The van der Waals surface area contributed by atoms with E-state index in [1.165, 1.54) is 17.1 Å². The van der Waals surface area contributed by atoms with E-state index >= 15 is 0 Å². The normalized spacial score (nSPS) is 24.2. The molecule has 1 aliphatic heterocycles. The Morgan fingerprint density at radius 3 is 2.50 bits per heavy atom. The molecule has 0 aromatic carbocycles. The van der Waals surface area contributed by atoms with Gasteiger partial charge >= 0.3 is 6.09 Å². The van der Waals surface area contributed by atoms with Crippen molar-refractivity contribution in [2.24, 2.45) is 17.8 Å². The predicted octanol–water partition coefficient (Wildman–Crippen LogP) is 1.28. The second-order valence-electron chi connectivity index (χ2n) is 5.05. The van der Waals surface area contributed by atoms with Crippen molar-refractivity contribution in [3.63, 3.8) is 0 Å². The Kier molecular flexibility index (Phi) is 4.95. The van der Waals surface area contributed by atoms with E-state index in [0.717, 1.165) is 6.42 Å². The molecule has 2 unspecified atom stereocenters. The van der Waals surface area contributed by atoms with E-state index in [2.05, 4.69) is 13.8 Å². The van der Waals surface area contributed by atoms with Crippen LogP contribution in [-0.4, -0.2) is 54.3 Å². The van der Waals surface area contributed by atoms with Crippen LogP contribution in [0.1, 0.15) is 20.3 Å². The number of piperidine rings is 1. The van der Waals surface area contributed by atoms with Crippen LogP contribution in [0.3, 0.4) is 0 Å². The van der Waals surface area contributed by atoms with Crippen molar-refractivity contribution in [1.82, 2.24) is 9.96 Å². The minimum atomic E-state index is -0.963. The number of hydroxylamine groups is 2. The third-order valence-corrected chi connectivity index (χ3v) is 3.69. The number of carboxylic acid groups (broad SMARTS) is 1. The number of amides is 2. The number of rotatable bonds is 3. The molecule has 1 aliphatic rings. The second kappa shape index (κ2) is 6.04. The molecule has 1 heterocycles. The summed E-state index contributed by atoms with van der Waals surface area (Å²) in [5, 5.41) is 10.2. The van der Waals surface area contributed by atoms with Gasteiger partial charge in [0.05, 0.1) is 13.0 Å². The van der Waals surface area contributed by atoms with Gasteiger partial charge in [0.15, 0.2) is 0 Å². The number of hydrogen-bond donors (Lipinski definition) is 1. The molecule has 0 aromatic rings. The van der Waals surface area contributed by atoms with Crippen molar-refractivity contribution >= 4 is 12.0 Å². The molecule has 2 amide bonds. The van der Waals surface area contributed by atoms with Gasteiger partial charge in [-0.15, -0.1) is 0 Å². The van der Waals surface area contributed by atoms with Crippen LogP contribution in [-0.2, 0) is 9.63 Å². The lowest BCUT2D eigenvalue weighted by Crippen LogP contribution is -2.50. The molecule has 1 rings (SSSR count). The average molecular weight is 258 g/mol. The van der Waals surface area contributed by atoms with Crippen LogP contribution < -0.4 is 0 Å². The Labute approximate surface area is 107 Å². The van der Waals surface area contributed by atoms with Gasteiger partial charge in [-0.25, -0.2) is 9.86 Å². The molecule has 2 atom stereocenters. The van der Waals surface area contributed by atoms with E-state index in [1.807, 2.05) is 0 Å². The second-order valence-corrected chi connectivity index (χ2v) is 5.05. The molecule has 6 nitrogen and oxygen atoms in total. The summed E-state index contributed by atoms with van der Waals surface area (Å²) < 4.78 is 0. The standard InChI is InChI=1S/C12H22N2O4/c1-8(2)9-5-6-14(12(16)17)7-10(9)11(15)13(3)18-4/h8-10H,5-7H2,1-4H3,(H,16,17). The number of hydrogen-bond acceptors (Lipinski definition) is 3. The zero-order valence-corrected chi connectivity index (χ0v) is 11.4. The van der Waals surface area contributed by atoms with E-state index in [-0.39, 0.29) is 24.3 Å². The van der Waals surface area contributed by atoms with Crippen molar-refractivity contribution < 1.29 is 19.5 Å². The minimum Gasteiger partial charge on any atom is -0.465 e. The summed E-state index contributed by atoms with van der Waals surface area (Å²) in [6.07, 6.45) is -0.243. The molecule has 1 N–H and O–H groups in total. The van der Waals surface area contributed by atoms with Gasteiger partial charge in [-0.05, 0) is 18.3 Å². The maximum absolute atomic E-state index is 12.2. The summed E-state index contributed by atoms with van der Waals surface area (Å²) in [6, 6.07) is 0. The number of likely N-dealkylation sites (tertiary alicyclic amines) is 1. The van der Waals surface area contributed by atoms with Gasteiger partial charge in [0.2, 0.25) is 0 Å². The molecule has 0 aromatic heterocycles. The highest BCUT2D eigenvalue weighted by atomic mass is 16.7. The van der Waals surface area contributed by atoms with Crippen LogP contribution in [0.5, 0.6) is 0 Å². The van der Waals surface area contributed by atoms with Crippen LogP contribution in [0, 0.1) is 17.8 Å². The summed E-state index contributed by atoms with van der Waals surface area (Å²) in [7, 11) is 2.99. The number of nitrogens with zero attached hydrogens (tertiary/aromatic N) is 2. The van der Waals surface area contributed by atoms with Crippen LogP contribution in [0.15, 0.2) is 0 Å². The number of carbonyl (C=O) groups excluding carboxylic acids is 1. The van der Waals surface area contributed by atoms with Gasteiger partial charge in [-0.3, -0.25) is 9.63 Å². The molecular formula is C12H22N2O4. The first-order chi connectivity index (χ1) is 8.38. The van der Waals surface area contributed by atoms with Gasteiger partial charge in [0.1, 0.15) is 0 Å². The van der Waals surface area contributed by atoms with Crippen molar-refractivity contribution in [1.29, 1.82) is 0 Å². The summed E-state index contributed by atoms with van der Waals surface area (Å²) in [5.74, 6) is 0.0767. The smallest absolute Gasteiger partial charge is 0.407 e. The van der Waals surface area contributed by atoms with E-state index in [1.54, 1.807) is 7.05 Å². The van der Waals surface area contributed by atoms with Crippen molar-refractivity contribution in [2.75, 3.05) is 27.2 Å². The van der Waals surface area contributed by atoms with Crippen molar-refractivity contribution in [3.05, 3.63) is 0 Å². The Morgan fingerprint density at radius 1 is 1.44 bits per heavy atom. The lowest BCUT2D eigenvalue weighted by Gasteiger charge is -2.39. The monoisotopic (exact) mass is 258 g/mol. The van der Waals surface area contributed by atoms with Crippen molar-refractivity contribution in [3.8, 4) is 0 Å². The average Bonchev–Trinajstić information content (AvgIpc) is 2.35. The fourth-order valence-electron chi connectivity index (χ4n) is 2.53. The first kappa shape index (κ1) is 14.8. The molecule has 0 saturated carbocycles. The van der Waals surface area contributed by atoms with Gasteiger partial charge < -0.3 is 10.0 Å². The third kappa shape index (κ3) is 3.13. The van der Waals surface area contributed by atoms with Gasteiger partial charge in [-0.2, -0.15) is 0 Å². The maximum Gasteiger partial charge on any atom is 0.407 e. The molecule has 6 heteroatoms. The van der Waals surface area contributed by atoms with Crippen LogP contribution in [0.25, 0.3) is 0 Å². The molecular weight excluding hydrogens is 236 g/mol. The van der Waals surface area contributed by atoms with Crippen LogP contribution in [0.4, 0.5) is 4.79 Å². The molecule has 1 fully saturated rings. The molecule has 0 aliphatic carbocycles. The summed E-state index contributed by atoms with van der Waals surface area (Å²) in [6.45, 7) is 4.88. The number of carbonyl (C=O) groups is 2. The highest BCUT2D eigenvalue weighted by molar-refractivity contribution is 5.79. The van der Waals surface area contributed by atoms with E-state index in [4.69, 9.17) is 9.94 Å². The highest BCUT2D eigenvalue weighted by Crippen LogP contribution is 2.31. The largest absolute Gasteiger partial charge is 0.465 e. The molecule has 0 radical (unpaired) electrons. The molecule has 104 valence electrons. The summed E-state index contributed by atoms with van der Waals surface area (Å²) in [4.78, 5) is 29.4. The van der Waals surface area contributed by atoms with Gasteiger partial charge in [-0.1, -0.05) is 13.8 Å². The lowest BCUT2D eigenvalue weighted by molar-refractivity contribution is -0.177. The van der Waals surface area contributed by atoms with Crippen molar-refractivity contribution in [2.45, 2.75) is 20.3 Å². The van der Waals surface area contributed by atoms with E-state index < -0.39 is 6.09 Å². The molecule has 0 spiro atoms. The molecule has 18 heavy (non-hydrogen) atoms. The summed E-state index contributed by atoms with van der Waals surface area (Å²) in [5.41, 5.74) is 0. The Morgan fingerprint density at radius 2 is 2.06 bits per heavy atom. The lowest BCUT2D eigenvalue weighted by atomic mass is 9.77. The van der Waals surface area contributed by atoms with E-state index in [0.29, 0.717) is 12.5 Å². The van der Waals surface area contributed by atoms with Gasteiger partial charge in [0.25, 0.3) is 5.91 Å². The quantitative estimate of drug-likeness (QED) is 0.774. The molecule has 0 bridgehead atoms. The zero-order valence-electron chi connectivity index (χ0n) is 11.4. The fraction of sp³-hybridized carbons (Fsp3) is 0.833. The Balaban J connectivity index is 2.84. The first-order valence-electron chi connectivity index (χ1n) is 6.18. The van der Waals surface area contributed by atoms with Crippen LogP contribution in [0.2, 0.25) is 0 Å². The Hall–Kier alpha value is -1.30. The van der Waals surface area contributed by atoms with Gasteiger partial charge in [0, 0.05) is 20.1 Å². The Bertz CT molecular complexity index is 319.